The van der Waals surface area contributed by atoms with E-state index in [4.69, 9.17) is 4.74 Å². The van der Waals surface area contributed by atoms with Gasteiger partial charge in [0.2, 0.25) is 0 Å². The van der Waals surface area contributed by atoms with E-state index in [-0.39, 0.29) is 24.4 Å². The van der Waals surface area contributed by atoms with Gasteiger partial charge in [0.25, 0.3) is 5.91 Å². The van der Waals surface area contributed by atoms with Crippen molar-refractivity contribution in [3.63, 3.8) is 0 Å². The number of carbonyl (C=O) groups excluding carboxylic acids is 2. The standard InChI is InChI=1S/C21H22FNO3S/c22-18-11-5-1-7-15(18)14-27-19-12-6-4-10-17(19)21(25)26-13-20(24)23-16-8-2-3-9-16/h1,4-7,10-12,16H,2-3,8-9,13-14H2,(H,23,24). The van der Waals surface area contributed by atoms with E-state index in [1.54, 1.807) is 36.4 Å². The van der Waals surface area contributed by atoms with Crippen molar-refractivity contribution in [3.8, 4) is 0 Å². The predicted octanol–water partition coefficient (Wildman–Crippen LogP) is 4.33. The second-order valence-corrected chi connectivity index (χ2v) is 7.52. The van der Waals surface area contributed by atoms with Crippen molar-refractivity contribution >= 4 is 23.6 Å². The molecule has 1 aliphatic carbocycles. The fourth-order valence-electron chi connectivity index (χ4n) is 3.08. The normalized spacial score (nSPS) is 14.1. The summed E-state index contributed by atoms with van der Waals surface area (Å²) >= 11 is 1.36. The molecule has 142 valence electrons. The Morgan fingerprint density at radius 2 is 1.78 bits per heavy atom. The molecule has 3 rings (SSSR count). The molecule has 0 bridgehead atoms. The Kier molecular flexibility index (Phi) is 6.87. The molecule has 1 N–H and O–H groups in total. The average molecular weight is 387 g/mol. The minimum absolute atomic E-state index is 0.194. The third-order valence-electron chi connectivity index (χ3n) is 4.50. The number of hydrogen-bond donors (Lipinski definition) is 1. The number of amides is 1. The van der Waals surface area contributed by atoms with Crippen LogP contribution in [0.3, 0.4) is 0 Å². The summed E-state index contributed by atoms with van der Waals surface area (Å²) in [5, 5.41) is 2.89. The third-order valence-corrected chi connectivity index (χ3v) is 5.62. The molecule has 2 aromatic rings. The molecule has 1 aliphatic rings. The van der Waals surface area contributed by atoms with Crippen LogP contribution < -0.4 is 5.32 Å². The molecular weight excluding hydrogens is 365 g/mol. The van der Waals surface area contributed by atoms with Gasteiger partial charge in [-0.2, -0.15) is 0 Å². The molecule has 0 heterocycles. The van der Waals surface area contributed by atoms with Gasteiger partial charge in [-0.3, -0.25) is 4.79 Å². The summed E-state index contributed by atoms with van der Waals surface area (Å²) in [6.07, 6.45) is 4.21. The highest BCUT2D eigenvalue weighted by Gasteiger charge is 2.19. The molecule has 6 heteroatoms. The molecule has 0 unspecified atom stereocenters. The average Bonchev–Trinajstić information content (AvgIpc) is 3.18. The summed E-state index contributed by atoms with van der Waals surface area (Å²) in [5.41, 5.74) is 0.953. The van der Waals surface area contributed by atoms with Crippen molar-refractivity contribution < 1.29 is 18.7 Å². The number of thioether (sulfide) groups is 1. The van der Waals surface area contributed by atoms with E-state index in [1.165, 1.54) is 17.8 Å². The maximum Gasteiger partial charge on any atom is 0.339 e. The second kappa shape index (κ2) is 9.55. The van der Waals surface area contributed by atoms with Gasteiger partial charge in [0.05, 0.1) is 5.56 Å². The molecule has 1 amide bonds. The smallest absolute Gasteiger partial charge is 0.339 e. The number of rotatable bonds is 7. The number of nitrogens with one attached hydrogen (secondary N) is 1. The summed E-state index contributed by atoms with van der Waals surface area (Å²) in [6.45, 7) is -0.290. The monoisotopic (exact) mass is 387 g/mol. The van der Waals surface area contributed by atoms with Crippen LogP contribution in [0.25, 0.3) is 0 Å². The Labute approximate surface area is 162 Å². The van der Waals surface area contributed by atoms with Gasteiger partial charge in [0, 0.05) is 16.7 Å². The SMILES string of the molecule is O=C(COC(=O)c1ccccc1SCc1ccccc1F)NC1CCCC1. The van der Waals surface area contributed by atoms with E-state index in [1.807, 2.05) is 6.07 Å². The molecule has 0 aromatic heterocycles. The lowest BCUT2D eigenvalue weighted by Gasteiger charge is -2.13. The summed E-state index contributed by atoms with van der Waals surface area (Å²) in [7, 11) is 0. The summed E-state index contributed by atoms with van der Waals surface area (Å²) in [5.74, 6) is -0.687. The van der Waals surface area contributed by atoms with Crippen LogP contribution in [0.15, 0.2) is 53.4 Å². The largest absolute Gasteiger partial charge is 0.452 e. The molecular formula is C21H22FNO3S. The minimum atomic E-state index is -0.548. The van der Waals surface area contributed by atoms with Gasteiger partial charge in [-0.25, -0.2) is 9.18 Å². The molecule has 1 fully saturated rings. The van der Waals surface area contributed by atoms with Crippen molar-refractivity contribution in [2.24, 2.45) is 0 Å². The highest BCUT2D eigenvalue weighted by molar-refractivity contribution is 7.98. The van der Waals surface area contributed by atoms with Gasteiger partial charge < -0.3 is 10.1 Å². The second-order valence-electron chi connectivity index (χ2n) is 6.50. The van der Waals surface area contributed by atoms with Crippen LogP contribution in [0.4, 0.5) is 4.39 Å². The summed E-state index contributed by atoms with van der Waals surface area (Å²) in [6, 6.07) is 13.8. The highest BCUT2D eigenvalue weighted by Crippen LogP contribution is 2.27. The molecule has 0 saturated heterocycles. The van der Waals surface area contributed by atoms with Gasteiger partial charge in [-0.15, -0.1) is 11.8 Å². The zero-order valence-electron chi connectivity index (χ0n) is 14.9. The first kappa shape index (κ1) is 19.4. The summed E-state index contributed by atoms with van der Waals surface area (Å²) in [4.78, 5) is 25.0. The van der Waals surface area contributed by atoms with E-state index in [0.29, 0.717) is 21.8 Å². The van der Waals surface area contributed by atoms with Crippen molar-refractivity contribution in [2.45, 2.75) is 42.4 Å². The molecule has 0 spiro atoms. The highest BCUT2D eigenvalue weighted by atomic mass is 32.2. The van der Waals surface area contributed by atoms with Crippen LogP contribution in [0.1, 0.15) is 41.6 Å². The molecule has 0 radical (unpaired) electrons. The van der Waals surface area contributed by atoms with Gasteiger partial charge in [-0.1, -0.05) is 43.2 Å². The molecule has 0 atom stereocenters. The van der Waals surface area contributed by atoms with Gasteiger partial charge >= 0.3 is 5.97 Å². The first-order valence-electron chi connectivity index (χ1n) is 9.05. The van der Waals surface area contributed by atoms with Crippen LogP contribution in [0.5, 0.6) is 0 Å². The van der Waals surface area contributed by atoms with Gasteiger partial charge in [0.1, 0.15) is 5.82 Å². The Morgan fingerprint density at radius 1 is 1.07 bits per heavy atom. The van der Waals surface area contributed by atoms with Gasteiger partial charge in [0.15, 0.2) is 6.61 Å². The van der Waals surface area contributed by atoms with Crippen LogP contribution in [0.2, 0.25) is 0 Å². The number of hydrogen-bond acceptors (Lipinski definition) is 4. The summed E-state index contributed by atoms with van der Waals surface area (Å²) < 4.78 is 19.0. The fourth-order valence-corrected chi connectivity index (χ4v) is 4.11. The number of ether oxygens (including phenoxy) is 1. The Balaban J connectivity index is 1.56. The minimum Gasteiger partial charge on any atom is -0.452 e. The van der Waals surface area contributed by atoms with E-state index < -0.39 is 5.97 Å². The maximum atomic E-state index is 13.8. The zero-order chi connectivity index (χ0) is 19.1. The van der Waals surface area contributed by atoms with Crippen LogP contribution >= 0.6 is 11.8 Å². The van der Waals surface area contributed by atoms with Crippen molar-refractivity contribution in [1.82, 2.24) is 5.32 Å². The first-order valence-corrected chi connectivity index (χ1v) is 10.0. The van der Waals surface area contributed by atoms with E-state index in [2.05, 4.69) is 5.32 Å². The lowest BCUT2D eigenvalue weighted by atomic mass is 10.2. The van der Waals surface area contributed by atoms with Crippen LogP contribution in [0, 0.1) is 5.82 Å². The van der Waals surface area contributed by atoms with E-state index in [0.717, 1.165) is 25.7 Å². The quantitative estimate of drug-likeness (QED) is 0.567. The van der Waals surface area contributed by atoms with Crippen molar-refractivity contribution in [1.29, 1.82) is 0 Å². The molecule has 1 saturated carbocycles. The van der Waals surface area contributed by atoms with Crippen molar-refractivity contribution in [3.05, 3.63) is 65.5 Å². The number of halogens is 1. The maximum absolute atomic E-state index is 13.8. The lowest BCUT2D eigenvalue weighted by Crippen LogP contribution is -2.35. The Morgan fingerprint density at radius 3 is 2.56 bits per heavy atom. The molecule has 27 heavy (non-hydrogen) atoms. The predicted molar refractivity (Wildman–Crippen MR) is 103 cm³/mol. The van der Waals surface area contributed by atoms with Crippen LogP contribution in [-0.4, -0.2) is 24.5 Å². The number of carbonyl (C=O) groups is 2. The first-order chi connectivity index (χ1) is 13.1. The molecule has 0 aliphatic heterocycles. The zero-order valence-corrected chi connectivity index (χ0v) is 15.8. The number of esters is 1. The van der Waals surface area contributed by atoms with Crippen LogP contribution in [-0.2, 0) is 15.3 Å². The number of benzene rings is 2. The van der Waals surface area contributed by atoms with Gasteiger partial charge in [-0.05, 0) is 36.6 Å². The molecule has 2 aromatic carbocycles. The van der Waals surface area contributed by atoms with E-state index >= 15 is 0 Å². The van der Waals surface area contributed by atoms with E-state index in [9.17, 15) is 14.0 Å². The fraction of sp³-hybridized carbons (Fsp3) is 0.333. The Bertz CT molecular complexity index is 806. The molecule has 4 nitrogen and oxygen atoms in total. The van der Waals surface area contributed by atoms with Crippen molar-refractivity contribution in [2.75, 3.05) is 6.61 Å². The third kappa shape index (κ3) is 5.57. The Hall–Kier alpha value is -2.34. The topological polar surface area (TPSA) is 55.4 Å². The lowest BCUT2D eigenvalue weighted by molar-refractivity contribution is -0.124.